The third-order valence-corrected chi connectivity index (χ3v) is 4.97. The molecule has 0 aliphatic heterocycles. The van der Waals surface area contributed by atoms with Crippen molar-refractivity contribution in [3.63, 3.8) is 0 Å². The van der Waals surface area contributed by atoms with Crippen molar-refractivity contribution in [2.45, 2.75) is 10.3 Å². The fraction of sp³-hybridized carbons (Fsp3) is 0.118. The molecule has 1 amide bonds. The van der Waals surface area contributed by atoms with Crippen LogP contribution in [0.2, 0.25) is 0 Å². The van der Waals surface area contributed by atoms with Crippen LogP contribution < -0.4 is 10.9 Å². The Morgan fingerprint density at radius 1 is 1.13 bits per heavy atom. The summed E-state index contributed by atoms with van der Waals surface area (Å²) < 4.78 is -0.0927. The lowest BCUT2D eigenvalue weighted by Gasteiger charge is -2.04. The Kier molecular flexibility index (Phi) is 4.67. The number of carbonyl (C=O) groups is 1. The number of benzene rings is 2. The van der Waals surface area contributed by atoms with Gasteiger partial charge < -0.3 is 5.43 Å². The van der Waals surface area contributed by atoms with E-state index in [-0.39, 0.29) is 11.8 Å². The lowest BCUT2D eigenvalue weighted by atomic mass is 10.1. The maximum Gasteiger partial charge on any atom is 0.269 e. The molecule has 23 heavy (non-hydrogen) atoms. The molecule has 0 heterocycles. The van der Waals surface area contributed by atoms with Gasteiger partial charge in [0.2, 0.25) is 0 Å². The van der Waals surface area contributed by atoms with Gasteiger partial charge in [0.25, 0.3) is 5.91 Å². The zero-order valence-electron chi connectivity index (χ0n) is 11.9. The topological polar surface area (TPSA) is 41.1 Å². The van der Waals surface area contributed by atoms with E-state index >= 15 is 0 Å². The molecule has 0 bridgehead atoms. The van der Waals surface area contributed by atoms with Gasteiger partial charge in [-0.2, -0.15) is 0 Å². The van der Waals surface area contributed by atoms with Crippen LogP contribution in [-0.4, -0.2) is 10.2 Å². The molecule has 0 spiro atoms. The average molecular weight is 412 g/mol. The van der Waals surface area contributed by atoms with E-state index in [1.54, 1.807) is 24.4 Å². The number of rotatable bonds is 4. The fourth-order valence-corrected chi connectivity index (χ4v) is 3.50. The van der Waals surface area contributed by atoms with Crippen LogP contribution in [0.3, 0.4) is 0 Å². The summed E-state index contributed by atoms with van der Waals surface area (Å²) in [5, 5.41) is 0. The van der Waals surface area contributed by atoms with Crippen LogP contribution in [0.5, 0.6) is 0 Å². The van der Waals surface area contributed by atoms with Gasteiger partial charge in [-0.25, -0.2) is 0 Å². The van der Waals surface area contributed by atoms with Gasteiger partial charge in [0.15, 0.2) is 4.33 Å². The van der Waals surface area contributed by atoms with Gasteiger partial charge in [0.1, 0.15) is 0 Å². The zero-order chi connectivity index (χ0) is 16.4. The highest BCUT2D eigenvalue weighted by Crippen LogP contribution is 2.64. The van der Waals surface area contributed by atoms with E-state index in [0.717, 1.165) is 15.6 Å². The summed E-state index contributed by atoms with van der Waals surface area (Å²) in [7, 11) is 0. The first-order chi connectivity index (χ1) is 11.0. The molecule has 2 aromatic carbocycles. The van der Waals surface area contributed by atoms with Crippen LogP contribution in [0.4, 0.5) is 0 Å². The van der Waals surface area contributed by atoms with Crippen molar-refractivity contribution in [3.05, 3.63) is 82.0 Å². The monoisotopic (exact) mass is 410 g/mol. The van der Waals surface area contributed by atoms with Crippen molar-refractivity contribution < 1.29 is 4.79 Å². The second kappa shape index (κ2) is 6.56. The number of amides is 1. The minimum atomic E-state index is -0.936. The highest BCUT2D eigenvalue weighted by molar-refractivity contribution is 9.10. The molecule has 3 rings (SSSR count). The predicted octanol–water partition coefficient (Wildman–Crippen LogP) is 4.54. The first kappa shape index (κ1) is 16.4. The number of alkyl halides is 2. The summed E-state index contributed by atoms with van der Waals surface area (Å²) in [4.78, 5) is 12.0. The molecule has 6 heteroatoms. The van der Waals surface area contributed by atoms with E-state index < -0.39 is 4.33 Å². The van der Waals surface area contributed by atoms with E-state index in [2.05, 4.69) is 26.8 Å². The molecule has 2 aromatic rings. The molecule has 0 aromatic heterocycles. The lowest BCUT2D eigenvalue weighted by molar-refractivity contribution is 0.0941. The minimum Gasteiger partial charge on any atom is -0.306 e. The molecule has 1 saturated carbocycles. The van der Waals surface area contributed by atoms with Crippen LogP contribution >= 0.6 is 39.1 Å². The Hall–Kier alpha value is -1.49. The molecule has 0 radical (unpaired) electrons. The second-order valence-electron chi connectivity index (χ2n) is 5.18. The van der Waals surface area contributed by atoms with Crippen molar-refractivity contribution >= 4 is 45.0 Å². The van der Waals surface area contributed by atoms with Crippen LogP contribution in [-0.2, 0) is 0 Å². The highest BCUT2D eigenvalue weighted by Gasteiger charge is 2.58. The second-order valence-corrected chi connectivity index (χ2v) is 7.48. The largest absolute Gasteiger partial charge is 0.306 e. The van der Waals surface area contributed by atoms with Crippen LogP contribution in [0.1, 0.15) is 21.8 Å². The Bertz CT molecular complexity index is 762. The Morgan fingerprint density at radius 3 is 2.57 bits per heavy atom. The fourth-order valence-electron chi connectivity index (χ4n) is 2.39. The number of hydrogen-bond donors (Lipinski definition) is 2. The number of carbonyl (C=O) groups excluding carboxylic acids is 1. The molecule has 1 atom stereocenters. The first-order valence-corrected chi connectivity index (χ1v) is 8.50. The van der Waals surface area contributed by atoms with Gasteiger partial charge in [-0.15, -0.1) is 0 Å². The van der Waals surface area contributed by atoms with Gasteiger partial charge in [-0.1, -0.05) is 75.5 Å². The van der Waals surface area contributed by atoms with E-state index in [4.69, 9.17) is 23.2 Å². The molecule has 1 unspecified atom stereocenters. The summed E-state index contributed by atoms with van der Waals surface area (Å²) in [6.45, 7) is 0. The average Bonchev–Trinajstić information content (AvgIpc) is 3.09. The summed E-state index contributed by atoms with van der Waals surface area (Å²) >= 11 is 15.9. The number of hydrazine groups is 1. The van der Waals surface area contributed by atoms with Crippen molar-refractivity contribution in [1.29, 1.82) is 0 Å². The maximum atomic E-state index is 12.0. The Morgan fingerprint density at radius 2 is 1.87 bits per heavy atom. The van der Waals surface area contributed by atoms with E-state index in [1.807, 2.05) is 36.4 Å². The number of hydrogen-bond acceptors (Lipinski definition) is 2. The minimum absolute atomic E-state index is 0.0673. The van der Waals surface area contributed by atoms with Crippen molar-refractivity contribution in [2.75, 3.05) is 0 Å². The van der Waals surface area contributed by atoms with E-state index in [1.165, 1.54) is 0 Å². The molecular formula is C17H13BrCl2N2O. The summed E-state index contributed by atoms with van der Waals surface area (Å²) in [5.74, 6) is -0.308. The smallest absolute Gasteiger partial charge is 0.269 e. The maximum absolute atomic E-state index is 12.0. The number of halogens is 3. The molecule has 2 N–H and O–H groups in total. The van der Waals surface area contributed by atoms with Gasteiger partial charge >= 0.3 is 0 Å². The number of nitrogens with one attached hydrogen (secondary N) is 2. The summed E-state index contributed by atoms with van der Waals surface area (Å²) in [6, 6.07) is 16.9. The van der Waals surface area contributed by atoms with Crippen LogP contribution in [0.25, 0.3) is 0 Å². The molecule has 118 valence electrons. The Balaban J connectivity index is 1.64. The third kappa shape index (κ3) is 3.55. The molecular weight excluding hydrogens is 399 g/mol. The summed E-state index contributed by atoms with van der Waals surface area (Å²) in [5.41, 5.74) is 7.79. The third-order valence-electron chi connectivity index (χ3n) is 3.61. The molecule has 0 saturated heterocycles. The van der Waals surface area contributed by atoms with Crippen LogP contribution in [0, 0.1) is 0 Å². The molecule has 1 aliphatic carbocycles. The normalized spacial score (nSPS) is 20.1. The van der Waals surface area contributed by atoms with Gasteiger partial charge in [0.05, 0.1) is 0 Å². The quantitative estimate of drug-likeness (QED) is 0.572. The lowest BCUT2D eigenvalue weighted by Crippen LogP contribution is -2.33. The van der Waals surface area contributed by atoms with Gasteiger partial charge in [-0.3, -0.25) is 10.2 Å². The summed E-state index contributed by atoms with van der Waals surface area (Å²) in [6.07, 6.45) is 1.65. The molecule has 1 aliphatic rings. The van der Waals surface area contributed by atoms with Crippen molar-refractivity contribution in [1.82, 2.24) is 10.9 Å². The standard InChI is InChI=1S/C17H13BrCl2N2O/c18-13-8-4-7-12(9-13)16(23)22-21-10-14-15(17(14,19)20)11-5-2-1-3-6-11/h1-10,15,21H,(H,22,23). The first-order valence-electron chi connectivity index (χ1n) is 6.95. The van der Waals surface area contributed by atoms with Gasteiger partial charge in [-0.05, 0) is 29.3 Å². The van der Waals surface area contributed by atoms with E-state index in [9.17, 15) is 4.79 Å². The van der Waals surface area contributed by atoms with Crippen molar-refractivity contribution in [3.8, 4) is 0 Å². The predicted molar refractivity (Wildman–Crippen MR) is 96.4 cm³/mol. The Labute approximate surface area is 152 Å². The van der Waals surface area contributed by atoms with Gasteiger partial charge in [0, 0.05) is 22.2 Å². The zero-order valence-corrected chi connectivity index (χ0v) is 15.0. The molecule has 1 fully saturated rings. The SMILES string of the molecule is O=C(NNC=C1C(c2ccccc2)C1(Cl)Cl)c1cccc(Br)c1. The van der Waals surface area contributed by atoms with Crippen LogP contribution in [0.15, 0.2) is 70.8 Å². The van der Waals surface area contributed by atoms with E-state index in [0.29, 0.717) is 5.56 Å². The number of allylic oxidation sites excluding steroid dienone is 1. The van der Waals surface area contributed by atoms with Crippen molar-refractivity contribution in [2.24, 2.45) is 0 Å². The molecule has 3 nitrogen and oxygen atoms in total. The highest BCUT2D eigenvalue weighted by atomic mass is 79.9.